The Labute approximate surface area is 317 Å². The minimum Gasteiger partial charge on any atom is -0.308 e. The molecule has 0 N–H and O–H groups in total. The van der Waals surface area contributed by atoms with Crippen LogP contribution in [0.1, 0.15) is 62.3 Å². The smallest absolute Gasteiger partial charge is 0.0973 e. The Bertz CT molecular complexity index is 2940. The highest BCUT2D eigenvalue weighted by atomic mass is 15.1. The highest BCUT2D eigenvalue weighted by Crippen LogP contribution is 2.52. The summed E-state index contributed by atoms with van der Waals surface area (Å²) in [6, 6.07) is 60.0. The molecule has 3 aliphatic rings. The third kappa shape index (κ3) is 4.24. The lowest BCUT2D eigenvalue weighted by molar-refractivity contribution is 0.587. The van der Waals surface area contributed by atoms with Crippen molar-refractivity contribution in [2.75, 3.05) is 4.90 Å². The Kier molecular flexibility index (Phi) is 6.43. The number of aromatic nitrogens is 1. The predicted molar refractivity (Wildman–Crippen MR) is 225 cm³/mol. The van der Waals surface area contributed by atoms with Gasteiger partial charge in [-0.3, -0.25) is 0 Å². The molecule has 0 saturated carbocycles. The van der Waals surface area contributed by atoms with Crippen molar-refractivity contribution in [2.24, 2.45) is 0 Å². The molecule has 258 valence electrons. The van der Waals surface area contributed by atoms with Crippen LogP contribution in [0.5, 0.6) is 0 Å². The summed E-state index contributed by atoms with van der Waals surface area (Å²) >= 11 is 0. The molecular weight excluding hydrogens is 653 g/mol. The third-order valence-corrected chi connectivity index (χ3v) is 12.8. The summed E-state index contributed by atoms with van der Waals surface area (Å²) in [5.74, 6) is 0.323. The number of anilines is 3. The van der Waals surface area contributed by atoms with Crippen LogP contribution in [-0.2, 0) is 10.8 Å². The van der Waals surface area contributed by atoms with Gasteiger partial charge < -0.3 is 9.47 Å². The van der Waals surface area contributed by atoms with Gasteiger partial charge in [0.15, 0.2) is 0 Å². The molecule has 2 heteroatoms. The first kappa shape index (κ1) is 31.2. The fourth-order valence-electron chi connectivity index (χ4n) is 10.0. The zero-order valence-electron chi connectivity index (χ0n) is 31.1. The molecule has 54 heavy (non-hydrogen) atoms. The number of rotatable bonds is 5. The molecule has 3 heterocycles. The summed E-state index contributed by atoms with van der Waals surface area (Å²) in [5.41, 5.74) is 15.4. The maximum atomic E-state index is 3.39. The molecule has 0 bridgehead atoms. The van der Waals surface area contributed by atoms with E-state index in [0.717, 1.165) is 23.5 Å². The van der Waals surface area contributed by atoms with E-state index in [0.29, 0.717) is 5.92 Å². The fraction of sp³-hybridized carbons (Fsp3) is 0.154. The van der Waals surface area contributed by atoms with Gasteiger partial charge >= 0.3 is 0 Å². The Morgan fingerprint density at radius 3 is 2.19 bits per heavy atom. The minimum atomic E-state index is -0.173. The first-order valence-electron chi connectivity index (χ1n) is 19.2. The van der Waals surface area contributed by atoms with Crippen molar-refractivity contribution in [2.45, 2.75) is 50.9 Å². The molecule has 11 rings (SSSR count). The van der Waals surface area contributed by atoms with Crippen molar-refractivity contribution in [1.82, 2.24) is 4.57 Å². The van der Waals surface area contributed by atoms with Gasteiger partial charge in [-0.15, -0.1) is 0 Å². The Morgan fingerprint density at radius 2 is 1.39 bits per heavy atom. The molecule has 2 nitrogen and oxygen atoms in total. The second-order valence-electron chi connectivity index (χ2n) is 16.4. The number of fused-ring (bicyclic) bond motifs is 2. The third-order valence-electron chi connectivity index (χ3n) is 12.8. The number of hydrogen-bond donors (Lipinski definition) is 0. The SMILES string of the molecule is CC1(C)C2=c3c(c4cc(-c5ccc(N(c6c#cccc6)c6cccc7ccccc67)cc5)cc5c4n3-c3c1cccc3C5(C)C)=CC(c1ccccc1)C2. The van der Waals surface area contributed by atoms with E-state index in [2.05, 4.69) is 189 Å². The number of para-hydroxylation sites is 1. The Hall–Kier alpha value is -6.30. The monoisotopic (exact) mass is 692 g/mol. The van der Waals surface area contributed by atoms with Crippen molar-refractivity contribution in [3.63, 3.8) is 0 Å². The molecule has 0 radical (unpaired) electrons. The second-order valence-corrected chi connectivity index (χ2v) is 16.4. The molecule has 1 atom stereocenters. The molecule has 1 aliphatic carbocycles. The van der Waals surface area contributed by atoms with Crippen LogP contribution < -0.4 is 15.5 Å². The molecule has 1 aromatic heterocycles. The summed E-state index contributed by atoms with van der Waals surface area (Å²) in [7, 11) is 0. The van der Waals surface area contributed by atoms with E-state index < -0.39 is 0 Å². The molecule has 0 saturated heterocycles. The largest absolute Gasteiger partial charge is 0.308 e. The molecule has 0 amide bonds. The lowest BCUT2D eigenvalue weighted by Gasteiger charge is -2.43. The van der Waals surface area contributed by atoms with Crippen LogP contribution in [0.3, 0.4) is 0 Å². The van der Waals surface area contributed by atoms with Crippen LogP contribution >= 0.6 is 0 Å². The van der Waals surface area contributed by atoms with E-state index in [1.807, 2.05) is 12.1 Å². The first-order valence-corrected chi connectivity index (χ1v) is 19.2. The average Bonchev–Trinajstić information content (AvgIpc) is 3.54. The highest BCUT2D eigenvalue weighted by molar-refractivity contribution is 6.00. The van der Waals surface area contributed by atoms with Crippen molar-refractivity contribution in [1.29, 1.82) is 0 Å². The van der Waals surface area contributed by atoms with Gasteiger partial charge in [-0.25, -0.2) is 0 Å². The summed E-state index contributed by atoms with van der Waals surface area (Å²) in [6.07, 6.45) is 3.61. The first-order chi connectivity index (χ1) is 26.3. The number of benzene rings is 6. The summed E-state index contributed by atoms with van der Waals surface area (Å²) < 4.78 is 2.66. The molecule has 8 aromatic rings. The van der Waals surface area contributed by atoms with Crippen molar-refractivity contribution in [3.05, 3.63) is 191 Å². The number of hydrogen-bond acceptors (Lipinski definition) is 1. The minimum absolute atomic E-state index is 0.0814. The summed E-state index contributed by atoms with van der Waals surface area (Å²) in [6.45, 7) is 9.77. The van der Waals surface area contributed by atoms with Gasteiger partial charge in [-0.1, -0.05) is 143 Å². The maximum Gasteiger partial charge on any atom is 0.0973 e. The lowest BCUT2D eigenvalue weighted by atomic mass is 9.66. The quantitative estimate of drug-likeness (QED) is 0.174. The zero-order chi connectivity index (χ0) is 36.3. The van der Waals surface area contributed by atoms with Crippen LogP contribution in [-0.4, -0.2) is 4.57 Å². The Balaban J connectivity index is 1.14. The van der Waals surface area contributed by atoms with Gasteiger partial charge in [0.05, 0.1) is 27.9 Å². The summed E-state index contributed by atoms with van der Waals surface area (Å²) in [5, 5.41) is 6.59. The topological polar surface area (TPSA) is 8.17 Å². The fourth-order valence-corrected chi connectivity index (χ4v) is 10.0. The molecule has 0 spiro atoms. The lowest BCUT2D eigenvalue weighted by Crippen LogP contribution is -2.46. The van der Waals surface area contributed by atoms with Crippen LogP contribution in [0.25, 0.3) is 50.1 Å². The molecule has 0 fully saturated rings. The average molecular weight is 693 g/mol. The van der Waals surface area contributed by atoms with E-state index in [4.69, 9.17) is 0 Å². The second kappa shape index (κ2) is 11.1. The Morgan fingerprint density at radius 1 is 0.648 bits per heavy atom. The maximum absolute atomic E-state index is 3.39. The molecular formula is C52H40N2. The van der Waals surface area contributed by atoms with Crippen molar-refractivity contribution in [3.8, 4) is 16.8 Å². The van der Waals surface area contributed by atoms with E-state index >= 15 is 0 Å². The number of nitrogens with zero attached hydrogens (tertiary/aromatic N) is 2. The van der Waals surface area contributed by atoms with Gasteiger partial charge in [0.25, 0.3) is 0 Å². The molecule has 2 aliphatic heterocycles. The van der Waals surface area contributed by atoms with Gasteiger partial charge in [-0.05, 0) is 99.3 Å². The van der Waals surface area contributed by atoms with E-state index in [1.165, 1.54) is 71.3 Å². The van der Waals surface area contributed by atoms with Gasteiger partial charge in [0.1, 0.15) is 0 Å². The summed E-state index contributed by atoms with van der Waals surface area (Å²) in [4.78, 5) is 2.30. The van der Waals surface area contributed by atoms with Crippen LogP contribution in [0.2, 0.25) is 0 Å². The van der Waals surface area contributed by atoms with Crippen molar-refractivity contribution < 1.29 is 0 Å². The van der Waals surface area contributed by atoms with E-state index in [-0.39, 0.29) is 10.8 Å². The van der Waals surface area contributed by atoms with Crippen molar-refractivity contribution >= 4 is 50.4 Å². The highest BCUT2D eigenvalue weighted by Gasteiger charge is 2.44. The van der Waals surface area contributed by atoms with Crippen LogP contribution in [0.4, 0.5) is 17.1 Å². The van der Waals surface area contributed by atoms with Gasteiger partial charge in [0.2, 0.25) is 0 Å². The molecule has 1 unspecified atom stereocenters. The van der Waals surface area contributed by atoms with E-state index in [9.17, 15) is 0 Å². The standard InChI is InChI=1S/C52H40N2/c1-51(2)43-22-14-23-44-50(43)54-48-41(29-36(31-45(48)51)33-15-7-5-8-16-33)42-30-37(32-46(49(42)54)52(44,3)4)34-25-27-39(28-26-34)53(38-19-9-6-10-20-38)47-24-13-18-35-17-11-12-21-40(35)47/h5-9,11-19,21-30,32,36H,31H2,1-4H3. The zero-order valence-corrected chi connectivity index (χ0v) is 31.1. The van der Waals surface area contributed by atoms with Crippen LogP contribution in [0.15, 0.2) is 146 Å². The van der Waals surface area contributed by atoms with Gasteiger partial charge in [0, 0.05) is 38.4 Å². The molecule has 7 aromatic carbocycles. The van der Waals surface area contributed by atoms with E-state index in [1.54, 1.807) is 5.57 Å². The van der Waals surface area contributed by atoms with Crippen LogP contribution in [0, 0.1) is 12.1 Å². The normalized spacial score (nSPS) is 16.9. The van der Waals surface area contributed by atoms with Gasteiger partial charge in [-0.2, -0.15) is 0 Å². The predicted octanol–water partition coefficient (Wildman–Crippen LogP) is 11.6.